The number of thioether (sulfide) groups is 1. The van der Waals surface area contributed by atoms with Crippen molar-refractivity contribution in [1.29, 1.82) is 0 Å². The van der Waals surface area contributed by atoms with Crippen molar-refractivity contribution in [2.75, 3.05) is 18.8 Å². The summed E-state index contributed by atoms with van der Waals surface area (Å²) in [5.74, 6) is 1.48. The lowest BCUT2D eigenvalue weighted by molar-refractivity contribution is -0.392. The minimum absolute atomic E-state index is 0.0982. The monoisotopic (exact) mass is 358 g/mol. The minimum Gasteiger partial charge on any atom is -0.388 e. The van der Waals surface area contributed by atoms with Crippen LogP contribution in [0.25, 0.3) is 0 Å². The van der Waals surface area contributed by atoms with E-state index in [1.165, 1.54) is 28.9 Å². The van der Waals surface area contributed by atoms with E-state index in [9.17, 15) is 15.2 Å². The smallest absolute Gasteiger partial charge is 0.342 e. The van der Waals surface area contributed by atoms with Crippen molar-refractivity contribution in [1.82, 2.24) is 14.5 Å². The zero-order chi connectivity index (χ0) is 17.0. The predicted octanol–water partition coefficient (Wildman–Crippen LogP) is 2.21. The lowest BCUT2D eigenvalue weighted by Gasteiger charge is -2.32. The van der Waals surface area contributed by atoms with Crippen molar-refractivity contribution in [2.24, 2.45) is 5.92 Å². The number of likely N-dealkylation sites (tertiary alicyclic amines) is 1. The molecule has 1 aliphatic heterocycles. The van der Waals surface area contributed by atoms with Crippen molar-refractivity contribution >= 4 is 34.1 Å². The van der Waals surface area contributed by atoms with E-state index in [1.54, 1.807) is 6.92 Å². The SMILES string of the molecule is Cc1ncc([N+](=O)[O-])n1CC(O)CSC(=S)N1CCCC(C)C1. The lowest BCUT2D eigenvalue weighted by Crippen LogP contribution is -2.37. The number of piperidine rings is 1. The fraction of sp³-hybridized carbons (Fsp3) is 0.714. The van der Waals surface area contributed by atoms with Gasteiger partial charge in [0.05, 0.1) is 0 Å². The van der Waals surface area contributed by atoms with Crippen LogP contribution >= 0.6 is 24.0 Å². The summed E-state index contributed by atoms with van der Waals surface area (Å²) in [5.41, 5.74) is 0. The Balaban J connectivity index is 1.85. The zero-order valence-corrected chi connectivity index (χ0v) is 15.0. The lowest BCUT2D eigenvalue weighted by atomic mass is 10.0. The first kappa shape index (κ1) is 18.2. The van der Waals surface area contributed by atoms with Crippen LogP contribution in [0.4, 0.5) is 5.82 Å². The number of nitro groups is 1. The Labute approximate surface area is 145 Å². The molecule has 7 nitrogen and oxygen atoms in total. The van der Waals surface area contributed by atoms with Crippen LogP contribution < -0.4 is 0 Å². The van der Waals surface area contributed by atoms with Gasteiger partial charge < -0.3 is 20.1 Å². The number of thiocarbonyl (C=S) groups is 1. The Morgan fingerprint density at radius 2 is 2.43 bits per heavy atom. The van der Waals surface area contributed by atoms with Crippen molar-refractivity contribution in [2.45, 2.75) is 39.3 Å². The van der Waals surface area contributed by atoms with Gasteiger partial charge in [-0.05, 0) is 23.7 Å². The summed E-state index contributed by atoms with van der Waals surface area (Å²) in [5, 5.41) is 21.1. The van der Waals surface area contributed by atoms with Crippen LogP contribution in [0.3, 0.4) is 0 Å². The molecule has 1 aromatic rings. The second kappa shape index (κ2) is 8.07. The molecule has 0 saturated carbocycles. The largest absolute Gasteiger partial charge is 0.388 e. The summed E-state index contributed by atoms with van der Waals surface area (Å²) in [6, 6.07) is 0. The normalized spacial score (nSPS) is 19.6. The molecule has 0 aromatic carbocycles. The summed E-state index contributed by atoms with van der Waals surface area (Å²) >= 11 is 6.88. The van der Waals surface area contributed by atoms with E-state index in [4.69, 9.17) is 12.2 Å². The number of aliphatic hydroxyl groups is 1. The molecule has 0 spiro atoms. The second-order valence-corrected chi connectivity index (χ2v) is 7.61. The van der Waals surface area contributed by atoms with E-state index in [-0.39, 0.29) is 12.4 Å². The second-order valence-electron chi connectivity index (χ2n) is 5.96. The van der Waals surface area contributed by atoms with E-state index >= 15 is 0 Å². The molecule has 128 valence electrons. The summed E-state index contributed by atoms with van der Waals surface area (Å²) in [7, 11) is 0. The van der Waals surface area contributed by atoms with Crippen LogP contribution in [0.2, 0.25) is 0 Å². The Hall–Kier alpha value is -1.19. The number of hydrogen-bond donors (Lipinski definition) is 1. The number of nitrogens with zero attached hydrogens (tertiary/aromatic N) is 4. The van der Waals surface area contributed by atoms with Gasteiger partial charge in [-0.2, -0.15) is 0 Å². The highest BCUT2D eigenvalue weighted by Crippen LogP contribution is 2.21. The van der Waals surface area contributed by atoms with E-state index in [2.05, 4.69) is 16.8 Å². The number of aliphatic hydroxyl groups excluding tert-OH is 1. The molecule has 1 aromatic heterocycles. The van der Waals surface area contributed by atoms with Crippen LogP contribution in [0, 0.1) is 23.0 Å². The first-order valence-electron chi connectivity index (χ1n) is 7.64. The first-order chi connectivity index (χ1) is 10.9. The predicted molar refractivity (Wildman–Crippen MR) is 94.7 cm³/mol. The molecule has 1 saturated heterocycles. The number of rotatable bonds is 5. The average molecular weight is 358 g/mol. The molecular formula is C14H22N4O3S2. The maximum absolute atomic E-state index is 11.0. The van der Waals surface area contributed by atoms with E-state index in [0.29, 0.717) is 17.5 Å². The van der Waals surface area contributed by atoms with Crippen LogP contribution in [0.5, 0.6) is 0 Å². The Morgan fingerprint density at radius 3 is 3.09 bits per heavy atom. The topological polar surface area (TPSA) is 84.4 Å². The Kier molecular flexibility index (Phi) is 6.37. The zero-order valence-electron chi connectivity index (χ0n) is 13.3. The quantitative estimate of drug-likeness (QED) is 0.491. The fourth-order valence-electron chi connectivity index (χ4n) is 2.71. The number of aromatic nitrogens is 2. The molecule has 1 N–H and O–H groups in total. The Morgan fingerprint density at radius 1 is 1.70 bits per heavy atom. The molecule has 2 atom stereocenters. The van der Waals surface area contributed by atoms with Gasteiger partial charge in [-0.15, -0.1) is 0 Å². The molecule has 2 heterocycles. The highest BCUT2D eigenvalue weighted by Gasteiger charge is 2.23. The molecule has 1 aliphatic rings. The third-order valence-corrected chi connectivity index (χ3v) is 5.60. The van der Waals surface area contributed by atoms with Crippen molar-refractivity contribution < 1.29 is 10.0 Å². The molecule has 0 bridgehead atoms. The average Bonchev–Trinajstić information content (AvgIpc) is 2.86. The molecule has 0 aliphatic carbocycles. The molecule has 0 radical (unpaired) electrons. The standard InChI is InChI=1S/C14H22N4O3S2/c1-10-4-3-5-16(7-10)14(22)23-9-12(19)8-17-11(2)15-6-13(17)18(20)21/h6,10,12,19H,3-5,7-9H2,1-2H3. The first-order valence-corrected chi connectivity index (χ1v) is 9.04. The van der Waals surface area contributed by atoms with E-state index in [0.717, 1.165) is 23.8 Å². The fourth-order valence-corrected chi connectivity index (χ4v) is 3.86. The highest BCUT2D eigenvalue weighted by atomic mass is 32.2. The van der Waals surface area contributed by atoms with E-state index < -0.39 is 11.0 Å². The van der Waals surface area contributed by atoms with Gasteiger partial charge in [0.2, 0.25) is 0 Å². The summed E-state index contributed by atoms with van der Waals surface area (Å²) in [6.45, 7) is 5.99. The third kappa shape index (κ3) is 4.89. The summed E-state index contributed by atoms with van der Waals surface area (Å²) < 4.78 is 2.23. The van der Waals surface area contributed by atoms with Crippen molar-refractivity contribution in [3.05, 3.63) is 22.1 Å². The van der Waals surface area contributed by atoms with Gasteiger partial charge in [0, 0.05) is 25.8 Å². The highest BCUT2D eigenvalue weighted by molar-refractivity contribution is 8.22. The van der Waals surface area contributed by atoms with E-state index in [1.807, 2.05) is 0 Å². The van der Waals surface area contributed by atoms with Gasteiger partial charge in [-0.25, -0.2) is 9.55 Å². The maximum Gasteiger partial charge on any atom is 0.342 e. The number of imidazole rings is 1. The van der Waals surface area contributed by atoms with Crippen LogP contribution in [0.15, 0.2) is 6.20 Å². The molecular weight excluding hydrogens is 336 g/mol. The van der Waals surface area contributed by atoms with Crippen LogP contribution in [-0.4, -0.2) is 53.7 Å². The molecule has 9 heteroatoms. The number of aryl methyl sites for hydroxylation is 1. The summed E-state index contributed by atoms with van der Waals surface area (Å²) in [4.78, 5) is 16.6. The van der Waals surface area contributed by atoms with Gasteiger partial charge >= 0.3 is 5.82 Å². The van der Waals surface area contributed by atoms with Gasteiger partial charge in [0.15, 0.2) is 5.82 Å². The van der Waals surface area contributed by atoms with Crippen LogP contribution in [-0.2, 0) is 6.54 Å². The molecule has 23 heavy (non-hydrogen) atoms. The molecule has 2 rings (SSSR count). The van der Waals surface area contributed by atoms with Crippen molar-refractivity contribution in [3.8, 4) is 0 Å². The maximum atomic E-state index is 11.0. The van der Waals surface area contributed by atoms with Gasteiger partial charge in [-0.3, -0.25) is 0 Å². The third-order valence-electron chi connectivity index (χ3n) is 3.93. The molecule has 0 amide bonds. The minimum atomic E-state index is -0.716. The Bertz CT molecular complexity index is 578. The van der Waals surface area contributed by atoms with Gasteiger partial charge in [0.1, 0.15) is 23.2 Å². The summed E-state index contributed by atoms with van der Waals surface area (Å²) in [6.07, 6.45) is 2.88. The number of hydrogen-bond acceptors (Lipinski definition) is 6. The molecule has 2 unspecified atom stereocenters. The van der Waals surface area contributed by atoms with Gasteiger partial charge in [0.25, 0.3) is 0 Å². The van der Waals surface area contributed by atoms with Crippen LogP contribution in [0.1, 0.15) is 25.6 Å². The van der Waals surface area contributed by atoms with Crippen molar-refractivity contribution in [3.63, 3.8) is 0 Å². The van der Waals surface area contributed by atoms with Gasteiger partial charge in [-0.1, -0.05) is 30.9 Å². The molecule has 1 fully saturated rings.